The van der Waals surface area contributed by atoms with Crippen molar-refractivity contribution in [3.8, 4) is 11.3 Å². The van der Waals surface area contributed by atoms with Crippen molar-refractivity contribution < 1.29 is 9.34 Å². The van der Waals surface area contributed by atoms with E-state index in [1.807, 2.05) is 0 Å². The van der Waals surface area contributed by atoms with Crippen LogP contribution in [0.15, 0.2) is 34.7 Å². The van der Waals surface area contributed by atoms with Gasteiger partial charge in [0.1, 0.15) is 10.7 Å². The monoisotopic (exact) mass is 262 g/mol. The predicted molar refractivity (Wildman–Crippen MR) is 71.4 cm³/mol. The summed E-state index contributed by atoms with van der Waals surface area (Å²) in [7, 11) is 0. The Morgan fingerprint density at radius 1 is 1.39 bits per heavy atom. The van der Waals surface area contributed by atoms with Crippen molar-refractivity contribution in [2.45, 2.75) is 6.92 Å². The summed E-state index contributed by atoms with van der Waals surface area (Å²) in [5, 5.41) is 10.9. The Kier molecular flexibility index (Phi) is 3.12. The summed E-state index contributed by atoms with van der Waals surface area (Å²) in [5.41, 5.74) is 6.72. The Hall–Kier alpha value is -2.21. The van der Waals surface area contributed by atoms with Crippen molar-refractivity contribution >= 4 is 22.9 Å². The predicted octanol–water partition coefficient (Wildman–Crippen LogP) is 2.80. The maximum absolute atomic E-state index is 10.9. The van der Waals surface area contributed by atoms with E-state index in [1.54, 1.807) is 31.2 Å². The van der Waals surface area contributed by atoms with Gasteiger partial charge in [0.05, 0.1) is 4.92 Å². The number of benzene rings is 1. The highest BCUT2D eigenvalue weighted by Crippen LogP contribution is 2.28. The summed E-state index contributed by atoms with van der Waals surface area (Å²) in [5.74, 6) is 0.893. The van der Waals surface area contributed by atoms with Gasteiger partial charge in [-0.2, -0.15) is 0 Å². The molecule has 0 unspecified atom stereocenters. The summed E-state index contributed by atoms with van der Waals surface area (Å²) >= 11 is 4.79. The van der Waals surface area contributed by atoms with E-state index >= 15 is 0 Å². The van der Waals surface area contributed by atoms with Gasteiger partial charge in [0, 0.05) is 17.2 Å². The van der Waals surface area contributed by atoms with E-state index in [0.29, 0.717) is 22.6 Å². The van der Waals surface area contributed by atoms with Crippen molar-refractivity contribution in [1.82, 2.24) is 0 Å². The molecule has 1 heterocycles. The van der Waals surface area contributed by atoms with Gasteiger partial charge in [-0.15, -0.1) is 0 Å². The largest absolute Gasteiger partial charge is 0.454 e. The van der Waals surface area contributed by atoms with E-state index in [4.69, 9.17) is 22.4 Å². The Morgan fingerprint density at radius 2 is 2.11 bits per heavy atom. The van der Waals surface area contributed by atoms with Crippen LogP contribution in [0.4, 0.5) is 5.69 Å². The molecule has 0 saturated heterocycles. The van der Waals surface area contributed by atoms with E-state index < -0.39 is 4.92 Å². The number of nitrogens with zero attached hydrogens (tertiary/aromatic N) is 1. The molecule has 0 bridgehead atoms. The molecule has 0 saturated carbocycles. The van der Waals surface area contributed by atoms with Gasteiger partial charge in [0.15, 0.2) is 5.76 Å². The number of rotatable bonds is 3. The third kappa shape index (κ3) is 2.23. The Morgan fingerprint density at radius 3 is 2.67 bits per heavy atom. The second kappa shape index (κ2) is 4.58. The number of nitrogens with two attached hydrogens (primary N) is 1. The highest BCUT2D eigenvalue weighted by Gasteiger charge is 2.14. The van der Waals surface area contributed by atoms with Crippen LogP contribution in [0.5, 0.6) is 0 Å². The number of nitro benzene ring substituents is 1. The molecule has 0 amide bonds. The Balaban J connectivity index is 2.47. The summed E-state index contributed by atoms with van der Waals surface area (Å²) in [4.78, 5) is 10.6. The van der Waals surface area contributed by atoms with Gasteiger partial charge >= 0.3 is 0 Å². The van der Waals surface area contributed by atoms with Crippen molar-refractivity contribution in [1.29, 1.82) is 0 Å². The first-order valence-corrected chi connectivity index (χ1v) is 5.55. The first-order valence-electron chi connectivity index (χ1n) is 5.14. The van der Waals surface area contributed by atoms with Gasteiger partial charge in [-0.05, 0) is 19.1 Å². The van der Waals surface area contributed by atoms with Crippen LogP contribution in [-0.4, -0.2) is 9.91 Å². The Labute approximate surface area is 108 Å². The fourth-order valence-electron chi connectivity index (χ4n) is 1.58. The zero-order chi connectivity index (χ0) is 13.3. The van der Waals surface area contributed by atoms with Crippen molar-refractivity contribution in [2.75, 3.05) is 0 Å². The second-order valence-corrected chi connectivity index (χ2v) is 4.23. The summed E-state index contributed by atoms with van der Waals surface area (Å²) < 4.78 is 5.42. The zero-order valence-corrected chi connectivity index (χ0v) is 10.4. The summed E-state index contributed by atoms with van der Waals surface area (Å²) in [6.45, 7) is 1.69. The molecule has 2 N–H and O–H groups in total. The molecule has 0 spiro atoms. The number of hydrogen-bond donors (Lipinski definition) is 1. The van der Waals surface area contributed by atoms with Gasteiger partial charge in [0.25, 0.3) is 5.69 Å². The van der Waals surface area contributed by atoms with Crippen LogP contribution >= 0.6 is 12.2 Å². The number of aryl methyl sites for hydroxylation is 1. The molecule has 0 fully saturated rings. The van der Waals surface area contributed by atoms with Crippen molar-refractivity contribution in [2.24, 2.45) is 5.73 Å². The fraction of sp³-hybridized carbons (Fsp3) is 0.0833. The smallest absolute Gasteiger partial charge is 0.273 e. The molecule has 92 valence electrons. The van der Waals surface area contributed by atoms with Crippen molar-refractivity contribution in [3.05, 3.63) is 51.8 Å². The molecule has 0 aliphatic carbocycles. The first-order chi connectivity index (χ1) is 8.49. The van der Waals surface area contributed by atoms with Crippen LogP contribution in [0.2, 0.25) is 0 Å². The van der Waals surface area contributed by atoms with Crippen LogP contribution in [0, 0.1) is 17.0 Å². The minimum atomic E-state index is -0.420. The van der Waals surface area contributed by atoms with E-state index in [-0.39, 0.29) is 10.7 Å². The zero-order valence-electron chi connectivity index (χ0n) is 9.54. The minimum Gasteiger partial charge on any atom is -0.454 e. The third-order valence-electron chi connectivity index (χ3n) is 2.54. The molecule has 2 rings (SSSR count). The van der Waals surface area contributed by atoms with Crippen LogP contribution in [0.1, 0.15) is 11.3 Å². The molecule has 0 radical (unpaired) electrons. The normalized spacial score (nSPS) is 10.3. The van der Waals surface area contributed by atoms with Crippen LogP contribution < -0.4 is 5.73 Å². The molecule has 18 heavy (non-hydrogen) atoms. The lowest BCUT2D eigenvalue weighted by molar-refractivity contribution is -0.385. The molecular formula is C12H10N2O3S. The molecule has 0 aliphatic rings. The lowest BCUT2D eigenvalue weighted by Gasteiger charge is -2.00. The van der Waals surface area contributed by atoms with Gasteiger partial charge in [-0.25, -0.2) is 0 Å². The average molecular weight is 262 g/mol. The molecule has 6 heteroatoms. The van der Waals surface area contributed by atoms with Crippen LogP contribution in [0.25, 0.3) is 11.3 Å². The SMILES string of the molecule is Cc1ccc(-c2ccc(C(N)=S)o2)cc1[N+](=O)[O-]. The van der Waals surface area contributed by atoms with E-state index in [9.17, 15) is 10.1 Å². The van der Waals surface area contributed by atoms with E-state index in [2.05, 4.69) is 0 Å². The number of furan rings is 1. The molecular weight excluding hydrogens is 252 g/mol. The standard InChI is InChI=1S/C12H10N2O3S/c1-7-2-3-8(6-9(7)14(15)16)10-4-5-11(17-10)12(13)18/h2-6H,1H3,(H2,13,18). The molecule has 1 aromatic carbocycles. The quantitative estimate of drug-likeness (QED) is 0.522. The highest BCUT2D eigenvalue weighted by molar-refractivity contribution is 7.80. The number of thiocarbonyl (C=S) groups is 1. The van der Waals surface area contributed by atoms with E-state index in [1.165, 1.54) is 6.07 Å². The first kappa shape index (κ1) is 12.3. The summed E-state index contributed by atoms with van der Waals surface area (Å²) in [6.07, 6.45) is 0. The third-order valence-corrected chi connectivity index (χ3v) is 2.74. The fourth-order valence-corrected chi connectivity index (χ4v) is 1.69. The number of hydrogen-bond acceptors (Lipinski definition) is 4. The van der Waals surface area contributed by atoms with Gasteiger partial charge in [-0.1, -0.05) is 24.4 Å². The molecule has 0 aliphatic heterocycles. The van der Waals surface area contributed by atoms with Crippen LogP contribution in [-0.2, 0) is 0 Å². The summed E-state index contributed by atoms with van der Waals surface area (Å²) in [6, 6.07) is 8.23. The second-order valence-electron chi connectivity index (χ2n) is 3.79. The lowest BCUT2D eigenvalue weighted by Crippen LogP contribution is -2.07. The average Bonchev–Trinajstić information content (AvgIpc) is 2.78. The Bertz CT molecular complexity index is 634. The maximum Gasteiger partial charge on any atom is 0.273 e. The minimum absolute atomic E-state index is 0.0563. The molecule has 1 aromatic heterocycles. The highest BCUT2D eigenvalue weighted by atomic mass is 32.1. The van der Waals surface area contributed by atoms with Gasteiger partial charge in [0.2, 0.25) is 0 Å². The lowest BCUT2D eigenvalue weighted by atomic mass is 10.1. The maximum atomic E-state index is 10.9. The van der Waals surface area contributed by atoms with Gasteiger partial charge < -0.3 is 10.2 Å². The molecule has 0 atom stereocenters. The van der Waals surface area contributed by atoms with Crippen molar-refractivity contribution in [3.63, 3.8) is 0 Å². The van der Waals surface area contributed by atoms with E-state index in [0.717, 1.165) is 0 Å². The molecule has 2 aromatic rings. The van der Waals surface area contributed by atoms with Gasteiger partial charge in [-0.3, -0.25) is 10.1 Å². The topological polar surface area (TPSA) is 82.3 Å². The number of nitro groups is 1. The van der Waals surface area contributed by atoms with Crippen LogP contribution in [0.3, 0.4) is 0 Å². The molecule has 5 nitrogen and oxygen atoms in total.